The van der Waals surface area contributed by atoms with E-state index in [0.29, 0.717) is 12.0 Å². The molecule has 0 aromatic carbocycles. The first-order chi connectivity index (χ1) is 8.96. The molecule has 0 radical (unpaired) electrons. The number of methoxy groups -OCH3 is 2. The Morgan fingerprint density at radius 3 is 2.79 bits per heavy atom. The standard InChI is InChI=1S/C13H20O6/c1-13(2)18-10-6-8(12(14)16-4)5-9(11(10)19-13)17-7-15-3/h6,9-11H,5,7H2,1-4H3/t9-,10+,11-/m1/s1. The van der Waals surface area contributed by atoms with Crippen molar-refractivity contribution in [2.24, 2.45) is 0 Å². The van der Waals surface area contributed by atoms with Crippen LogP contribution in [0.25, 0.3) is 0 Å². The van der Waals surface area contributed by atoms with E-state index in [1.165, 1.54) is 7.11 Å². The van der Waals surface area contributed by atoms with E-state index in [4.69, 9.17) is 23.7 Å². The Balaban J connectivity index is 2.17. The molecule has 2 rings (SSSR count). The molecule has 0 amide bonds. The Morgan fingerprint density at radius 2 is 2.16 bits per heavy atom. The summed E-state index contributed by atoms with van der Waals surface area (Å²) in [7, 11) is 2.91. The largest absolute Gasteiger partial charge is 0.466 e. The first-order valence-corrected chi connectivity index (χ1v) is 6.22. The maximum Gasteiger partial charge on any atom is 0.333 e. The fourth-order valence-electron chi connectivity index (χ4n) is 2.42. The molecule has 0 N–H and O–H groups in total. The summed E-state index contributed by atoms with van der Waals surface area (Å²) in [6.07, 6.45) is 1.36. The van der Waals surface area contributed by atoms with Gasteiger partial charge in [-0.25, -0.2) is 4.79 Å². The van der Waals surface area contributed by atoms with E-state index in [1.54, 1.807) is 13.2 Å². The molecule has 6 heteroatoms. The minimum atomic E-state index is -0.688. The van der Waals surface area contributed by atoms with E-state index in [9.17, 15) is 4.79 Å². The first-order valence-electron chi connectivity index (χ1n) is 6.22. The molecular weight excluding hydrogens is 252 g/mol. The number of carbonyl (C=O) groups excluding carboxylic acids is 1. The van der Waals surface area contributed by atoms with Crippen LogP contribution in [0.2, 0.25) is 0 Å². The van der Waals surface area contributed by atoms with Crippen LogP contribution in [-0.2, 0) is 28.5 Å². The van der Waals surface area contributed by atoms with Crippen molar-refractivity contribution in [3.05, 3.63) is 11.6 Å². The summed E-state index contributed by atoms with van der Waals surface area (Å²) in [5.41, 5.74) is 0.547. The maximum atomic E-state index is 11.7. The Labute approximate surface area is 112 Å². The Hall–Kier alpha value is -0.950. The number of ether oxygens (including phenoxy) is 5. The lowest BCUT2D eigenvalue weighted by atomic mass is 9.92. The van der Waals surface area contributed by atoms with Gasteiger partial charge in [0.25, 0.3) is 0 Å². The van der Waals surface area contributed by atoms with Gasteiger partial charge in [-0.3, -0.25) is 0 Å². The maximum absolute atomic E-state index is 11.7. The van der Waals surface area contributed by atoms with E-state index < -0.39 is 5.79 Å². The highest BCUT2D eigenvalue weighted by atomic mass is 16.8. The van der Waals surface area contributed by atoms with Crippen molar-refractivity contribution in [1.82, 2.24) is 0 Å². The van der Waals surface area contributed by atoms with Gasteiger partial charge in [0.2, 0.25) is 0 Å². The van der Waals surface area contributed by atoms with Gasteiger partial charge in [0.15, 0.2) is 5.79 Å². The van der Waals surface area contributed by atoms with Gasteiger partial charge in [-0.2, -0.15) is 0 Å². The summed E-state index contributed by atoms with van der Waals surface area (Å²) >= 11 is 0. The second-order valence-electron chi connectivity index (χ2n) is 5.06. The van der Waals surface area contributed by atoms with Crippen molar-refractivity contribution in [3.63, 3.8) is 0 Å². The third-order valence-corrected chi connectivity index (χ3v) is 3.16. The lowest BCUT2D eigenvalue weighted by molar-refractivity contribution is -0.169. The van der Waals surface area contributed by atoms with Crippen LogP contribution < -0.4 is 0 Å². The summed E-state index contributed by atoms with van der Waals surface area (Å²) < 4.78 is 26.8. The van der Waals surface area contributed by atoms with Gasteiger partial charge in [0, 0.05) is 19.1 Å². The van der Waals surface area contributed by atoms with Crippen molar-refractivity contribution >= 4 is 5.97 Å². The van der Waals surface area contributed by atoms with Crippen LogP contribution in [0.3, 0.4) is 0 Å². The van der Waals surface area contributed by atoms with Gasteiger partial charge in [0.05, 0.1) is 13.2 Å². The van der Waals surface area contributed by atoms with Crippen molar-refractivity contribution in [1.29, 1.82) is 0 Å². The SMILES string of the molecule is COCO[C@@H]1CC(C(=O)OC)=C[C@@H]2OC(C)(C)O[C@@H]21. The lowest BCUT2D eigenvalue weighted by Gasteiger charge is -2.29. The zero-order valence-electron chi connectivity index (χ0n) is 11.7. The Kier molecular flexibility index (Phi) is 4.25. The van der Waals surface area contributed by atoms with Crippen LogP contribution >= 0.6 is 0 Å². The highest BCUT2D eigenvalue weighted by Crippen LogP contribution is 2.37. The van der Waals surface area contributed by atoms with Crippen molar-refractivity contribution < 1.29 is 28.5 Å². The van der Waals surface area contributed by atoms with Crippen LogP contribution in [0.5, 0.6) is 0 Å². The number of rotatable bonds is 4. The predicted molar refractivity (Wildman–Crippen MR) is 65.3 cm³/mol. The predicted octanol–water partition coefficient (Wildman–Crippen LogP) is 0.999. The molecule has 1 fully saturated rings. The second kappa shape index (κ2) is 5.58. The summed E-state index contributed by atoms with van der Waals surface area (Å²) in [5.74, 6) is -1.05. The molecule has 108 valence electrons. The third kappa shape index (κ3) is 3.14. The van der Waals surface area contributed by atoms with Crippen LogP contribution in [0.1, 0.15) is 20.3 Å². The van der Waals surface area contributed by atoms with E-state index >= 15 is 0 Å². The molecule has 0 aromatic heterocycles. The lowest BCUT2D eigenvalue weighted by Crippen LogP contribution is -2.41. The first kappa shape index (κ1) is 14.5. The second-order valence-corrected chi connectivity index (χ2v) is 5.06. The smallest absolute Gasteiger partial charge is 0.333 e. The number of fused-ring (bicyclic) bond motifs is 1. The summed E-state index contributed by atoms with van der Waals surface area (Å²) in [4.78, 5) is 11.7. The molecule has 3 atom stereocenters. The van der Waals surface area contributed by atoms with E-state index in [2.05, 4.69) is 0 Å². The highest BCUT2D eigenvalue weighted by Gasteiger charge is 2.48. The van der Waals surface area contributed by atoms with E-state index in [0.717, 1.165) is 0 Å². The molecule has 1 heterocycles. The van der Waals surface area contributed by atoms with Crippen LogP contribution in [0.15, 0.2) is 11.6 Å². The molecule has 6 nitrogen and oxygen atoms in total. The summed E-state index contributed by atoms with van der Waals surface area (Å²) in [6.45, 7) is 3.82. The van der Waals surface area contributed by atoms with Crippen molar-refractivity contribution in [2.45, 2.75) is 44.4 Å². The number of esters is 1. The van der Waals surface area contributed by atoms with Gasteiger partial charge >= 0.3 is 5.97 Å². The average molecular weight is 272 g/mol. The number of hydrogen-bond donors (Lipinski definition) is 0. The molecule has 19 heavy (non-hydrogen) atoms. The monoisotopic (exact) mass is 272 g/mol. The van der Waals surface area contributed by atoms with Crippen LogP contribution in [0, 0.1) is 0 Å². The minimum absolute atomic E-state index is 0.145. The Morgan fingerprint density at radius 1 is 1.42 bits per heavy atom. The van der Waals surface area contributed by atoms with Crippen LogP contribution in [-0.4, -0.2) is 51.1 Å². The van der Waals surface area contributed by atoms with Gasteiger partial charge < -0.3 is 23.7 Å². The van der Waals surface area contributed by atoms with Crippen molar-refractivity contribution in [3.8, 4) is 0 Å². The molecule has 0 unspecified atom stereocenters. The zero-order valence-corrected chi connectivity index (χ0v) is 11.7. The van der Waals surface area contributed by atoms with Crippen molar-refractivity contribution in [2.75, 3.05) is 21.0 Å². The topological polar surface area (TPSA) is 63.2 Å². The molecule has 0 saturated carbocycles. The van der Waals surface area contributed by atoms with Gasteiger partial charge in [-0.1, -0.05) is 0 Å². The minimum Gasteiger partial charge on any atom is -0.466 e. The van der Waals surface area contributed by atoms with Gasteiger partial charge in [-0.15, -0.1) is 0 Å². The number of carbonyl (C=O) groups is 1. The zero-order chi connectivity index (χ0) is 14.0. The fourth-order valence-corrected chi connectivity index (χ4v) is 2.42. The Bertz CT molecular complexity index is 375. The van der Waals surface area contributed by atoms with E-state index in [-0.39, 0.29) is 31.1 Å². The number of hydrogen-bond acceptors (Lipinski definition) is 6. The molecule has 2 aliphatic rings. The third-order valence-electron chi connectivity index (χ3n) is 3.16. The summed E-state index contributed by atoms with van der Waals surface area (Å²) in [6, 6.07) is 0. The molecule has 1 saturated heterocycles. The normalized spacial score (nSPS) is 32.6. The van der Waals surface area contributed by atoms with Crippen LogP contribution in [0.4, 0.5) is 0 Å². The molecular formula is C13H20O6. The fraction of sp³-hybridized carbons (Fsp3) is 0.769. The average Bonchev–Trinajstić information content (AvgIpc) is 2.68. The molecule has 0 spiro atoms. The van der Waals surface area contributed by atoms with Gasteiger partial charge in [0.1, 0.15) is 19.0 Å². The molecule has 1 aliphatic heterocycles. The van der Waals surface area contributed by atoms with Gasteiger partial charge in [-0.05, 0) is 19.9 Å². The van der Waals surface area contributed by atoms with E-state index in [1.807, 2.05) is 13.8 Å². The summed E-state index contributed by atoms with van der Waals surface area (Å²) in [5, 5.41) is 0. The highest BCUT2D eigenvalue weighted by molar-refractivity contribution is 5.88. The molecule has 1 aliphatic carbocycles. The molecule has 0 bridgehead atoms. The molecule has 0 aromatic rings. The quantitative estimate of drug-likeness (QED) is 0.562.